The Hall–Kier alpha value is -1.86. The van der Waals surface area contributed by atoms with Crippen LogP contribution in [0.5, 0.6) is 5.75 Å². The Bertz CT molecular complexity index is 551. The van der Waals surface area contributed by atoms with Crippen LogP contribution in [0.3, 0.4) is 0 Å². The molecule has 0 N–H and O–H groups in total. The summed E-state index contributed by atoms with van der Waals surface area (Å²) in [5.41, 5.74) is 1.82. The summed E-state index contributed by atoms with van der Waals surface area (Å²) >= 11 is 1.54. The Balaban J connectivity index is 2.23. The van der Waals surface area contributed by atoms with Gasteiger partial charge in [-0.25, -0.2) is 4.98 Å². The largest absolute Gasteiger partial charge is 0.495 e. The molecule has 80 valence electrons. The number of aromatic nitrogens is 2. The van der Waals surface area contributed by atoms with E-state index in [0.29, 0.717) is 5.75 Å². The van der Waals surface area contributed by atoms with Crippen LogP contribution in [0.4, 0.5) is 0 Å². The summed E-state index contributed by atoms with van der Waals surface area (Å²) in [6, 6.07) is 1.85. The lowest BCUT2D eigenvalue weighted by Gasteiger charge is -1.97. The number of aryl methyl sites for hydroxylation is 1. The zero-order valence-corrected chi connectivity index (χ0v) is 9.84. The maximum absolute atomic E-state index is 5.07. The molecule has 2 aromatic rings. The quantitative estimate of drug-likeness (QED) is 0.705. The van der Waals surface area contributed by atoms with Crippen molar-refractivity contribution < 1.29 is 4.74 Å². The average Bonchev–Trinajstić information content (AvgIpc) is 2.73. The highest BCUT2D eigenvalue weighted by molar-refractivity contribution is 7.10. The number of methoxy groups -OCH3 is 1. The van der Waals surface area contributed by atoms with Gasteiger partial charge in [0.1, 0.15) is 5.75 Å². The molecule has 0 aromatic carbocycles. The van der Waals surface area contributed by atoms with Gasteiger partial charge in [-0.05, 0) is 18.9 Å². The molecule has 0 saturated carbocycles. The van der Waals surface area contributed by atoms with E-state index in [1.807, 2.05) is 18.4 Å². The predicted molar refractivity (Wildman–Crippen MR) is 63.6 cm³/mol. The van der Waals surface area contributed by atoms with Crippen LogP contribution in [-0.2, 0) is 0 Å². The molecule has 0 amide bonds. The fourth-order valence-electron chi connectivity index (χ4n) is 1.14. The molecule has 3 nitrogen and oxygen atoms in total. The lowest BCUT2D eigenvalue weighted by atomic mass is 10.3. The molecule has 0 fully saturated rings. The molecule has 4 heteroatoms. The molecule has 2 heterocycles. The summed E-state index contributed by atoms with van der Waals surface area (Å²) in [7, 11) is 1.61. The van der Waals surface area contributed by atoms with Gasteiger partial charge < -0.3 is 4.74 Å². The highest BCUT2D eigenvalue weighted by Crippen LogP contribution is 2.10. The first-order valence-corrected chi connectivity index (χ1v) is 5.59. The van der Waals surface area contributed by atoms with Crippen LogP contribution >= 0.6 is 11.3 Å². The Kier molecular flexibility index (Phi) is 3.18. The summed E-state index contributed by atoms with van der Waals surface area (Å²) in [5.74, 6) is 6.71. The molecule has 0 saturated heterocycles. The number of pyridine rings is 1. The summed E-state index contributed by atoms with van der Waals surface area (Å²) in [6.07, 6.45) is 3.36. The van der Waals surface area contributed by atoms with E-state index in [4.69, 9.17) is 4.74 Å². The van der Waals surface area contributed by atoms with Crippen molar-refractivity contribution in [3.63, 3.8) is 0 Å². The van der Waals surface area contributed by atoms with Gasteiger partial charge in [0.2, 0.25) is 0 Å². The molecule has 2 rings (SSSR count). The molecule has 0 bridgehead atoms. The molecule has 16 heavy (non-hydrogen) atoms. The zero-order chi connectivity index (χ0) is 11.4. The maximum Gasteiger partial charge on any atom is 0.167 e. The van der Waals surface area contributed by atoms with Gasteiger partial charge >= 0.3 is 0 Å². The van der Waals surface area contributed by atoms with Crippen molar-refractivity contribution in [3.8, 4) is 17.6 Å². The van der Waals surface area contributed by atoms with E-state index in [1.54, 1.807) is 30.8 Å². The van der Waals surface area contributed by atoms with Gasteiger partial charge in [-0.1, -0.05) is 5.92 Å². The number of thiazole rings is 1. The van der Waals surface area contributed by atoms with Crippen LogP contribution in [0.15, 0.2) is 23.8 Å². The fraction of sp³-hybridized carbons (Fsp3) is 0.167. The van der Waals surface area contributed by atoms with Crippen molar-refractivity contribution in [2.75, 3.05) is 7.11 Å². The molecular weight excluding hydrogens is 220 g/mol. The van der Waals surface area contributed by atoms with E-state index in [2.05, 4.69) is 21.8 Å². The Morgan fingerprint density at radius 2 is 2.19 bits per heavy atom. The van der Waals surface area contributed by atoms with Crippen LogP contribution in [0.1, 0.15) is 16.3 Å². The molecule has 0 unspecified atom stereocenters. The standard InChI is InChI=1S/C12H10N2OS/c1-9-8-16-12(14-9)4-3-10-5-11(15-2)7-13-6-10/h5-8H,1-2H3. The normalized spacial score (nSPS) is 9.38. The first-order valence-electron chi connectivity index (χ1n) is 4.71. The zero-order valence-electron chi connectivity index (χ0n) is 9.02. The number of nitrogens with zero attached hydrogens (tertiary/aromatic N) is 2. The summed E-state index contributed by atoms with van der Waals surface area (Å²) in [6.45, 7) is 1.95. The smallest absolute Gasteiger partial charge is 0.167 e. The van der Waals surface area contributed by atoms with Crippen LogP contribution in [0, 0.1) is 18.8 Å². The minimum atomic E-state index is 0.710. The van der Waals surface area contributed by atoms with Crippen LogP contribution in [0.25, 0.3) is 0 Å². The van der Waals surface area contributed by atoms with Crippen molar-refractivity contribution >= 4 is 11.3 Å². The topological polar surface area (TPSA) is 35.0 Å². The number of hydrogen-bond donors (Lipinski definition) is 0. The number of hydrogen-bond acceptors (Lipinski definition) is 4. The third kappa shape index (κ3) is 2.59. The average molecular weight is 230 g/mol. The molecule has 0 aliphatic rings. The highest BCUT2D eigenvalue weighted by atomic mass is 32.1. The molecular formula is C12H10N2OS. The second kappa shape index (κ2) is 4.77. The minimum Gasteiger partial charge on any atom is -0.495 e. The molecule has 0 aliphatic carbocycles. The second-order valence-corrected chi connectivity index (χ2v) is 4.02. The van der Waals surface area contributed by atoms with Crippen molar-refractivity contribution in [3.05, 3.63) is 40.1 Å². The van der Waals surface area contributed by atoms with Crippen LogP contribution < -0.4 is 4.74 Å². The Morgan fingerprint density at radius 1 is 1.31 bits per heavy atom. The molecule has 0 aliphatic heterocycles. The SMILES string of the molecule is COc1cncc(C#Cc2nc(C)cs2)c1. The highest BCUT2D eigenvalue weighted by Gasteiger charge is 1.94. The molecule has 0 radical (unpaired) electrons. The van der Waals surface area contributed by atoms with E-state index in [-0.39, 0.29) is 0 Å². The van der Waals surface area contributed by atoms with Gasteiger partial charge in [0.25, 0.3) is 0 Å². The summed E-state index contributed by atoms with van der Waals surface area (Å²) in [4.78, 5) is 8.29. The molecule has 0 atom stereocenters. The van der Waals surface area contributed by atoms with Gasteiger partial charge in [0.05, 0.1) is 13.3 Å². The van der Waals surface area contributed by atoms with E-state index in [1.165, 1.54) is 0 Å². The van der Waals surface area contributed by atoms with Gasteiger partial charge in [0, 0.05) is 22.8 Å². The minimum absolute atomic E-state index is 0.710. The van der Waals surface area contributed by atoms with Gasteiger partial charge in [0.15, 0.2) is 5.01 Å². The maximum atomic E-state index is 5.07. The van der Waals surface area contributed by atoms with Gasteiger partial charge in [-0.2, -0.15) is 0 Å². The summed E-state index contributed by atoms with van der Waals surface area (Å²) in [5, 5.41) is 2.80. The first kappa shape index (κ1) is 10.7. The van der Waals surface area contributed by atoms with E-state index < -0.39 is 0 Å². The number of rotatable bonds is 1. The Labute approximate surface area is 98.1 Å². The number of ether oxygens (including phenoxy) is 1. The lowest BCUT2D eigenvalue weighted by Crippen LogP contribution is -1.85. The van der Waals surface area contributed by atoms with Crippen molar-refractivity contribution in [2.45, 2.75) is 6.92 Å². The van der Waals surface area contributed by atoms with Crippen molar-refractivity contribution in [1.82, 2.24) is 9.97 Å². The van der Waals surface area contributed by atoms with E-state index in [9.17, 15) is 0 Å². The molecule has 0 spiro atoms. The third-order valence-corrected chi connectivity index (χ3v) is 2.76. The summed E-state index contributed by atoms with van der Waals surface area (Å²) < 4.78 is 5.07. The Morgan fingerprint density at radius 3 is 2.88 bits per heavy atom. The monoisotopic (exact) mass is 230 g/mol. The van der Waals surface area contributed by atoms with Gasteiger partial charge in [-0.15, -0.1) is 11.3 Å². The third-order valence-electron chi connectivity index (χ3n) is 1.88. The van der Waals surface area contributed by atoms with E-state index >= 15 is 0 Å². The van der Waals surface area contributed by atoms with Crippen LogP contribution in [0.2, 0.25) is 0 Å². The fourth-order valence-corrected chi connectivity index (χ4v) is 1.78. The van der Waals surface area contributed by atoms with Crippen LogP contribution in [-0.4, -0.2) is 17.1 Å². The lowest BCUT2D eigenvalue weighted by molar-refractivity contribution is 0.413. The second-order valence-electron chi connectivity index (χ2n) is 3.16. The molecule has 2 aromatic heterocycles. The van der Waals surface area contributed by atoms with Crippen molar-refractivity contribution in [1.29, 1.82) is 0 Å². The van der Waals surface area contributed by atoms with Crippen molar-refractivity contribution in [2.24, 2.45) is 0 Å². The van der Waals surface area contributed by atoms with E-state index in [0.717, 1.165) is 16.3 Å². The predicted octanol–water partition coefficient (Wildman–Crippen LogP) is 2.25. The van der Waals surface area contributed by atoms with Gasteiger partial charge in [-0.3, -0.25) is 4.98 Å². The first-order chi connectivity index (χ1) is 7.78.